The molecule has 2 aliphatic rings. The van der Waals surface area contributed by atoms with Crippen molar-refractivity contribution >= 4 is 23.2 Å². The van der Waals surface area contributed by atoms with Crippen molar-refractivity contribution in [1.29, 1.82) is 0 Å². The minimum Gasteiger partial charge on any atom is -0.386 e. The second-order valence-electron chi connectivity index (χ2n) is 9.51. The molecule has 1 amide bonds. The Balaban J connectivity index is 1.36. The smallest absolute Gasteiger partial charge is 0.254 e. The molecule has 0 bridgehead atoms. The Hall–Kier alpha value is -4.09. The van der Waals surface area contributed by atoms with Crippen molar-refractivity contribution < 1.29 is 4.79 Å². The third kappa shape index (κ3) is 5.84. The molecule has 3 N–H and O–H groups in total. The molecule has 192 valence electrons. The molecule has 0 saturated carbocycles. The van der Waals surface area contributed by atoms with Gasteiger partial charge in [0.05, 0.1) is 17.1 Å². The molecule has 4 rings (SSSR count). The quantitative estimate of drug-likeness (QED) is 0.372. The van der Waals surface area contributed by atoms with Gasteiger partial charge in [-0.1, -0.05) is 19.1 Å². The van der Waals surface area contributed by atoms with Crippen molar-refractivity contribution in [3.63, 3.8) is 0 Å². The van der Waals surface area contributed by atoms with Gasteiger partial charge in [0.2, 0.25) is 5.95 Å². The van der Waals surface area contributed by atoms with Crippen LogP contribution in [0.2, 0.25) is 0 Å². The maximum atomic E-state index is 13.3. The van der Waals surface area contributed by atoms with Crippen LogP contribution >= 0.6 is 0 Å². The number of nitrogens with one attached hydrogen (secondary N) is 3. The Labute approximate surface area is 219 Å². The number of fused-ring (bicyclic) bond motifs is 1. The first kappa shape index (κ1) is 26.0. The van der Waals surface area contributed by atoms with Crippen LogP contribution in [-0.2, 0) is 13.1 Å². The van der Waals surface area contributed by atoms with Gasteiger partial charge in [-0.25, -0.2) is 9.97 Å². The number of carbonyl (C=O) groups is 1. The van der Waals surface area contributed by atoms with Crippen LogP contribution in [0.15, 0.2) is 61.0 Å². The third-order valence-corrected chi connectivity index (χ3v) is 7.05. The molecule has 0 unspecified atom stereocenters. The number of rotatable bonds is 8. The summed E-state index contributed by atoms with van der Waals surface area (Å²) in [6.07, 6.45) is 12.5. The first-order valence-electron chi connectivity index (χ1n) is 12.5. The van der Waals surface area contributed by atoms with E-state index in [9.17, 15) is 4.79 Å². The molecule has 3 heterocycles. The van der Waals surface area contributed by atoms with Crippen molar-refractivity contribution in [3.8, 4) is 12.3 Å². The molecule has 1 saturated heterocycles. The zero-order valence-corrected chi connectivity index (χ0v) is 21.8. The Kier molecular flexibility index (Phi) is 7.95. The van der Waals surface area contributed by atoms with Gasteiger partial charge in [0.15, 0.2) is 0 Å². The zero-order valence-electron chi connectivity index (χ0n) is 21.8. The maximum absolute atomic E-state index is 13.3. The average molecular weight is 498 g/mol. The van der Waals surface area contributed by atoms with E-state index in [0.29, 0.717) is 28.8 Å². The van der Waals surface area contributed by atoms with Crippen LogP contribution in [0.3, 0.4) is 0 Å². The topological polar surface area (TPSA) is 85.4 Å². The van der Waals surface area contributed by atoms with E-state index < -0.39 is 0 Å². The predicted octanol–water partition coefficient (Wildman–Crippen LogP) is 4.24. The Morgan fingerprint density at radius 2 is 1.97 bits per heavy atom. The van der Waals surface area contributed by atoms with E-state index in [-0.39, 0.29) is 11.9 Å². The highest BCUT2D eigenvalue weighted by Gasteiger charge is 2.35. The molecule has 2 atom stereocenters. The van der Waals surface area contributed by atoms with Gasteiger partial charge in [-0.15, -0.1) is 6.42 Å². The third-order valence-electron chi connectivity index (χ3n) is 7.05. The number of hydrogen-bond acceptors (Lipinski definition) is 7. The van der Waals surface area contributed by atoms with Crippen molar-refractivity contribution in [3.05, 3.63) is 77.8 Å². The number of nitrogens with zero attached hydrogens (tertiary/aromatic N) is 4. The molecule has 0 radical (unpaired) electrons. The van der Waals surface area contributed by atoms with Gasteiger partial charge < -0.3 is 20.9 Å². The lowest BCUT2D eigenvalue weighted by molar-refractivity contribution is 0.0460. The van der Waals surface area contributed by atoms with E-state index in [4.69, 9.17) is 11.4 Å². The number of allylic oxidation sites excluding steroid dienone is 3. The molecule has 8 nitrogen and oxygen atoms in total. The summed E-state index contributed by atoms with van der Waals surface area (Å²) in [5, 5.41) is 9.43. The van der Waals surface area contributed by atoms with E-state index in [1.807, 2.05) is 43.4 Å². The Morgan fingerprint density at radius 3 is 2.68 bits per heavy atom. The first-order valence-corrected chi connectivity index (χ1v) is 12.5. The van der Waals surface area contributed by atoms with Gasteiger partial charge in [0, 0.05) is 74.4 Å². The summed E-state index contributed by atoms with van der Waals surface area (Å²) in [5.41, 5.74) is 5.97. The molecule has 1 aromatic carbocycles. The van der Waals surface area contributed by atoms with Gasteiger partial charge in [-0.3, -0.25) is 9.69 Å². The van der Waals surface area contributed by atoms with Crippen molar-refractivity contribution in [2.24, 2.45) is 0 Å². The highest BCUT2D eigenvalue weighted by atomic mass is 16.2. The first-order chi connectivity index (χ1) is 17.8. The molecule has 1 aromatic heterocycles. The fourth-order valence-corrected chi connectivity index (χ4v) is 4.98. The summed E-state index contributed by atoms with van der Waals surface area (Å²) in [6.45, 7) is 12.2. The molecule has 2 aliphatic heterocycles. The maximum Gasteiger partial charge on any atom is 0.254 e. The molecule has 0 spiro atoms. The van der Waals surface area contributed by atoms with Gasteiger partial charge in [-0.05, 0) is 50.1 Å². The summed E-state index contributed by atoms with van der Waals surface area (Å²) in [5.74, 6) is 3.06. The van der Waals surface area contributed by atoms with Crippen LogP contribution in [0.25, 0.3) is 0 Å². The number of aromatic nitrogens is 2. The van der Waals surface area contributed by atoms with Gasteiger partial charge in [0.25, 0.3) is 5.91 Å². The Bertz CT molecular complexity index is 1280. The van der Waals surface area contributed by atoms with E-state index in [1.54, 1.807) is 12.2 Å². The molecule has 8 heteroatoms. The molecule has 37 heavy (non-hydrogen) atoms. The van der Waals surface area contributed by atoms with Crippen LogP contribution in [-0.4, -0.2) is 58.4 Å². The van der Waals surface area contributed by atoms with Crippen LogP contribution in [0.1, 0.15) is 41.4 Å². The second-order valence-corrected chi connectivity index (χ2v) is 9.51. The minimum absolute atomic E-state index is 0.0801. The lowest BCUT2D eigenvalue weighted by Gasteiger charge is -2.41. The SMILES string of the molecule is C#CC(=C)/C=C\C(=C)Nc1ncc2c(n1)CN([C@@H]1CCN(C(=O)c3ccc(NC)c(NC)c3)[C@H](C)C1)C2. The number of terminal acetylenes is 1. The summed E-state index contributed by atoms with van der Waals surface area (Å²) >= 11 is 0. The molecule has 1 fully saturated rings. The minimum atomic E-state index is 0.0801. The highest BCUT2D eigenvalue weighted by molar-refractivity contribution is 5.96. The summed E-state index contributed by atoms with van der Waals surface area (Å²) in [7, 11) is 3.74. The van der Waals surface area contributed by atoms with E-state index >= 15 is 0 Å². The molecular weight excluding hydrogens is 462 g/mol. The second kappa shape index (κ2) is 11.3. The monoisotopic (exact) mass is 497 g/mol. The number of hydrogen-bond donors (Lipinski definition) is 3. The van der Waals surface area contributed by atoms with E-state index in [2.05, 4.69) is 51.8 Å². The standard InChI is InChI=1S/C29H35N7O/c1-7-19(2)8-9-20(3)33-29-32-16-23-17-35(18-27(23)34-29)24-12-13-36(21(4)14-24)28(37)22-10-11-25(30-5)26(15-22)31-6/h1,8-11,15-16,21,24,30-31H,2-3,12-14,17-18H2,4-6H3,(H,32,33,34)/b9-8-/t21-,24-/m1/s1. The van der Waals surface area contributed by atoms with Gasteiger partial charge >= 0.3 is 0 Å². The van der Waals surface area contributed by atoms with Crippen molar-refractivity contribution in [2.45, 2.75) is 44.9 Å². The predicted molar refractivity (Wildman–Crippen MR) is 150 cm³/mol. The van der Waals surface area contributed by atoms with Crippen LogP contribution in [0, 0.1) is 12.3 Å². The number of amides is 1. The largest absolute Gasteiger partial charge is 0.386 e. The molecule has 0 aliphatic carbocycles. The number of likely N-dealkylation sites (tertiary alicyclic amines) is 1. The lowest BCUT2D eigenvalue weighted by Crippen LogP contribution is -2.50. The van der Waals surface area contributed by atoms with E-state index in [0.717, 1.165) is 55.1 Å². The van der Waals surface area contributed by atoms with E-state index in [1.165, 1.54) is 0 Å². The summed E-state index contributed by atoms with van der Waals surface area (Å²) < 4.78 is 0. The molecular formula is C29H35N7O. The lowest BCUT2D eigenvalue weighted by atomic mass is 9.96. The normalized spacial score (nSPS) is 19.2. The van der Waals surface area contributed by atoms with Gasteiger partial charge in [0.1, 0.15) is 0 Å². The van der Waals surface area contributed by atoms with Crippen molar-refractivity contribution in [2.75, 3.05) is 36.6 Å². The summed E-state index contributed by atoms with van der Waals surface area (Å²) in [4.78, 5) is 27.0. The number of piperidine rings is 1. The fraction of sp³-hybridized carbons (Fsp3) is 0.345. The fourth-order valence-electron chi connectivity index (χ4n) is 4.98. The number of benzene rings is 1. The Morgan fingerprint density at radius 1 is 1.19 bits per heavy atom. The summed E-state index contributed by atoms with van der Waals surface area (Å²) in [6, 6.07) is 6.29. The van der Waals surface area contributed by atoms with Crippen LogP contribution in [0.4, 0.5) is 17.3 Å². The van der Waals surface area contributed by atoms with Crippen LogP contribution < -0.4 is 16.0 Å². The van der Waals surface area contributed by atoms with Crippen LogP contribution in [0.5, 0.6) is 0 Å². The van der Waals surface area contributed by atoms with Crippen molar-refractivity contribution in [1.82, 2.24) is 19.8 Å². The van der Waals surface area contributed by atoms with Gasteiger partial charge in [-0.2, -0.15) is 0 Å². The highest BCUT2D eigenvalue weighted by Crippen LogP contribution is 2.31. The molecule has 2 aromatic rings. The average Bonchev–Trinajstić information content (AvgIpc) is 3.34. The number of carbonyl (C=O) groups excluding carboxylic acids is 1. The zero-order chi connectivity index (χ0) is 26.5. The number of anilines is 3.